The summed E-state index contributed by atoms with van der Waals surface area (Å²) in [6.45, 7) is -0.00953. The maximum Gasteiger partial charge on any atom is 0.315 e. The summed E-state index contributed by atoms with van der Waals surface area (Å²) in [7, 11) is 1.28. The van der Waals surface area contributed by atoms with E-state index in [4.69, 9.17) is 4.74 Å². The second-order valence-electron chi connectivity index (χ2n) is 6.02. The Morgan fingerprint density at radius 3 is 2.76 bits per heavy atom. The largest absolute Gasteiger partial charge is 0.500 e. The van der Waals surface area contributed by atoms with Crippen molar-refractivity contribution in [2.24, 2.45) is 5.10 Å². The number of nitrogens with zero attached hydrogens (tertiary/aromatic N) is 2. The van der Waals surface area contributed by atoms with Crippen LogP contribution in [0.5, 0.6) is 11.5 Å². The van der Waals surface area contributed by atoms with E-state index in [0.29, 0.717) is 0 Å². The van der Waals surface area contributed by atoms with Crippen molar-refractivity contribution in [3.63, 3.8) is 0 Å². The van der Waals surface area contributed by atoms with E-state index >= 15 is 0 Å². The van der Waals surface area contributed by atoms with Gasteiger partial charge in [-0.1, -0.05) is 36.4 Å². The van der Waals surface area contributed by atoms with Gasteiger partial charge >= 0.3 is 5.69 Å². The molecule has 0 saturated carbocycles. The summed E-state index contributed by atoms with van der Waals surface area (Å²) in [5.74, 6) is -1.03. The number of rotatable bonds is 7. The number of methoxy groups -OCH3 is 1. The van der Waals surface area contributed by atoms with Crippen LogP contribution in [0.3, 0.4) is 0 Å². The Labute approximate surface area is 165 Å². The van der Waals surface area contributed by atoms with E-state index in [-0.39, 0.29) is 17.9 Å². The molecule has 29 heavy (non-hydrogen) atoms. The van der Waals surface area contributed by atoms with Gasteiger partial charge in [-0.05, 0) is 17.5 Å². The van der Waals surface area contributed by atoms with E-state index in [1.54, 1.807) is 0 Å². The van der Waals surface area contributed by atoms with Gasteiger partial charge in [0, 0.05) is 22.7 Å². The van der Waals surface area contributed by atoms with Crippen LogP contribution in [0.25, 0.3) is 10.8 Å². The highest BCUT2D eigenvalue weighted by Crippen LogP contribution is 2.36. The Hall–Kier alpha value is -4.14. The second-order valence-corrected chi connectivity index (χ2v) is 6.02. The predicted molar refractivity (Wildman–Crippen MR) is 109 cm³/mol. The molecule has 0 fully saturated rings. The summed E-state index contributed by atoms with van der Waals surface area (Å²) in [5, 5.41) is 29.7. The zero-order chi connectivity index (χ0) is 20.8. The third-order valence-electron chi connectivity index (χ3n) is 4.13. The number of phenols is 1. The number of nitro benzene ring substituents is 1. The number of benzene rings is 3. The monoisotopic (exact) mass is 394 g/mol. The van der Waals surface area contributed by atoms with Crippen LogP contribution >= 0.6 is 0 Å². The molecule has 0 aliphatic carbocycles. The molecule has 9 heteroatoms. The number of amides is 1. The number of hydrogen-bond donors (Lipinski definition) is 3. The van der Waals surface area contributed by atoms with Gasteiger partial charge in [-0.3, -0.25) is 14.9 Å². The fraction of sp³-hybridized carbons (Fsp3) is 0.100. The number of anilines is 1. The highest BCUT2D eigenvalue weighted by Gasteiger charge is 2.19. The van der Waals surface area contributed by atoms with Crippen molar-refractivity contribution in [1.29, 1.82) is 0 Å². The molecule has 3 aromatic rings. The molecule has 0 aliphatic rings. The van der Waals surface area contributed by atoms with E-state index in [1.807, 2.05) is 42.5 Å². The first-order valence-corrected chi connectivity index (χ1v) is 8.58. The number of nitrogens with one attached hydrogen (secondary N) is 2. The van der Waals surface area contributed by atoms with Crippen LogP contribution < -0.4 is 15.5 Å². The van der Waals surface area contributed by atoms with E-state index in [1.165, 1.54) is 19.4 Å². The van der Waals surface area contributed by atoms with Crippen molar-refractivity contribution in [2.75, 3.05) is 19.0 Å². The van der Waals surface area contributed by atoms with Gasteiger partial charge in [0.25, 0.3) is 5.91 Å². The molecule has 1 amide bonds. The van der Waals surface area contributed by atoms with Crippen LogP contribution in [0.15, 0.2) is 59.7 Å². The van der Waals surface area contributed by atoms with Crippen LogP contribution in [0.4, 0.5) is 11.4 Å². The van der Waals surface area contributed by atoms with Gasteiger partial charge in [0.2, 0.25) is 5.75 Å². The van der Waals surface area contributed by atoms with Crippen molar-refractivity contribution in [3.05, 3.63) is 70.3 Å². The number of phenolic OH excluding ortho intramolecular Hbond substituents is 1. The topological polar surface area (TPSA) is 126 Å². The Kier molecular flexibility index (Phi) is 5.88. The van der Waals surface area contributed by atoms with E-state index in [2.05, 4.69) is 15.8 Å². The van der Waals surface area contributed by atoms with Crippen molar-refractivity contribution >= 4 is 34.3 Å². The summed E-state index contributed by atoms with van der Waals surface area (Å²) in [4.78, 5) is 22.3. The minimum atomic E-state index is -0.734. The number of fused-ring (bicyclic) bond motifs is 1. The van der Waals surface area contributed by atoms with Crippen molar-refractivity contribution < 1.29 is 19.6 Å². The maximum atomic E-state index is 12.0. The summed E-state index contributed by atoms with van der Waals surface area (Å²) in [6.07, 6.45) is 1.23. The lowest BCUT2D eigenvalue weighted by Crippen LogP contribution is -2.25. The number of carbonyl (C=O) groups excluding carboxylic acids is 1. The molecule has 0 saturated heterocycles. The standard InChI is InChI=1S/C20H18N4O5/c1-29-18-10-13(9-17(20(18)26)24(27)28)11-22-23-19(25)12-21-16-8-4-6-14-5-2-3-7-15(14)16/h2-11,21,26H,12H2,1H3,(H,23,25). The number of aromatic hydroxyl groups is 1. The van der Waals surface area contributed by atoms with Gasteiger partial charge in [0.05, 0.1) is 24.8 Å². The first-order chi connectivity index (χ1) is 14.0. The van der Waals surface area contributed by atoms with Crippen molar-refractivity contribution in [1.82, 2.24) is 5.43 Å². The molecule has 9 nitrogen and oxygen atoms in total. The van der Waals surface area contributed by atoms with E-state index in [0.717, 1.165) is 22.5 Å². The second kappa shape index (κ2) is 8.70. The fourth-order valence-corrected chi connectivity index (χ4v) is 2.76. The molecule has 3 N–H and O–H groups in total. The van der Waals surface area contributed by atoms with Crippen LogP contribution in [0, 0.1) is 10.1 Å². The van der Waals surface area contributed by atoms with E-state index in [9.17, 15) is 20.0 Å². The zero-order valence-electron chi connectivity index (χ0n) is 15.5. The number of nitro groups is 1. The number of hydrogen-bond acceptors (Lipinski definition) is 7. The van der Waals surface area contributed by atoms with Crippen LogP contribution in [0.1, 0.15) is 5.56 Å². The first kappa shape index (κ1) is 19.6. The molecule has 0 bridgehead atoms. The van der Waals surface area contributed by atoms with Crippen molar-refractivity contribution in [3.8, 4) is 11.5 Å². The van der Waals surface area contributed by atoms with Gasteiger partial charge in [-0.25, -0.2) is 5.43 Å². The lowest BCUT2D eigenvalue weighted by atomic mass is 10.1. The Balaban J connectivity index is 1.64. The molecule has 0 spiro atoms. The van der Waals surface area contributed by atoms with Crippen LogP contribution in [0.2, 0.25) is 0 Å². The molecule has 0 aliphatic heterocycles. The first-order valence-electron chi connectivity index (χ1n) is 8.58. The SMILES string of the molecule is COc1cc(C=NNC(=O)CNc2cccc3ccccc23)cc([N+](=O)[O-])c1O. The number of ether oxygens (including phenoxy) is 1. The van der Waals surface area contributed by atoms with Gasteiger partial charge in [0.15, 0.2) is 5.75 Å². The molecule has 0 aromatic heterocycles. The third-order valence-corrected chi connectivity index (χ3v) is 4.13. The Morgan fingerprint density at radius 1 is 1.24 bits per heavy atom. The molecule has 3 aromatic carbocycles. The fourth-order valence-electron chi connectivity index (χ4n) is 2.76. The zero-order valence-corrected chi connectivity index (χ0v) is 15.5. The lowest BCUT2D eigenvalue weighted by Gasteiger charge is -2.09. The third kappa shape index (κ3) is 4.59. The van der Waals surface area contributed by atoms with Crippen LogP contribution in [-0.2, 0) is 4.79 Å². The quantitative estimate of drug-likeness (QED) is 0.321. The maximum absolute atomic E-state index is 12.0. The molecular weight excluding hydrogens is 376 g/mol. The normalized spacial score (nSPS) is 10.8. The van der Waals surface area contributed by atoms with Crippen LogP contribution in [-0.4, -0.2) is 35.8 Å². The summed E-state index contributed by atoms with van der Waals surface area (Å²) in [5.41, 5.74) is 2.93. The molecule has 0 radical (unpaired) electrons. The summed E-state index contributed by atoms with van der Waals surface area (Å²) in [6, 6.07) is 16.0. The highest BCUT2D eigenvalue weighted by atomic mass is 16.6. The minimum Gasteiger partial charge on any atom is -0.500 e. The number of hydrazone groups is 1. The average molecular weight is 394 g/mol. The molecule has 0 unspecified atom stereocenters. The van der Waals surface area contributed by atoms with Gasteiger partial charge < -0.3 is 15.2 Å². The minimum absolute atomic E-state index is 0.00953. The Morgan fingerprint density at radius 2 is 2.00 bits per heavy atom. The van der Waals surface area contributed by atoms with Crippen molar-refractivity contribution in [2.45, 2.75) is 0 Å². The smallest absolute Gasteiger partial charge is 0.315 e. The van der Waals surface area contributed by atoms with Gasteiger partial charge in [-0.15, -0.1) is 0 Å². The molecule has 0 heterocycles. The Bertz CT molecular complexity index is 1090. The van der Waals surface area contributed by atoms with E-state index < -0.39 is 22.3 Å². The highest BCUT2D eigenvalue weighted by molar-refractivity contribution is 5.95. The molecular formula is C20H18N4O5. The molecule has 148 valence electrons. The average Bonchev–Trinajstić information content (AvgIpc) is 2.73. The lowest BCUT2D eigenvalue weighted by molar-refractivity contribution is -0.386. The summed E-state index contributed by atoms with van der Waals surface area (Å²) < 4.78 is 4.91. The number of carbonyl (C=O) groups is 1. The van der Waals surface area contributed by atoms with Gasteiger partial charge in [-0.2, -0.15) is 5.10 Å². The molecule has 3 rings (SSSR count). The summed E-state index contributed by atoms with van der Waals surface area (Å²) >= 11 is 0. The van der Waals surface area contributed by atoms with Gasteiger partial charge in [0.1, 0.15) is 0 Å². The predicted octanol–water partition coefficient (Wildman–Crippen LogP) is 3.02. The molecule has 0 atom stereocenters.